The maximum atomic E-state index is 11.8. The number of amides is 1. The minimum absolute atomic E-state index is 0.0536. The molecule has 11 nitrogen and oxygen atoms in total. The fourth-order valence-electron chi connectivity index (χ4n) is 2.05. The van der Waals surface area contributed by atoms with E-state index in [9.17, 15) is 29.6 Å². The van der Waals surface area contributed by atoms with Crippen LogP contribution in [-0.4, -0.2) is 38.1 Å². The molecule has 2 aromatic rings. The standard InChI is InChI=1S/C13H15N5O6/c1-5(19)9(14)11(20)15-4-6-2-7(18(23)24)3-8-10(6)17-13(22)12(21)16-8/h2-3,5,9,19H,4,14H2,1H3,(H,15,20)(H,16,21)(H,17,22). The second-order valence-electron chi connectivity index (χ2n) is 5.18. The number of nitro benzene ring substituents is 1. The van der Waals surface area contributed by atoms with E-state index in [1.54, 1.807) is 0 Å². The summed E-state index contributed by atoms with van der Waals surface area (Å²) < 4.78 is 0. The molecule has 0 aliphatic heterocycles. The lowest BCUT2D eigenvalue weighted by Gasteiger charge is -2.15. The molecule has 1 amide bonds. The molecule has 128 valence electrons. The number of nitro groups is 1. The number of aliphatic hydroxyl groups is 1. The Kier molecular flexibility index (Phi) is 4.76. The van der Waals surface area contributed by atoms with Crippen LogP contribution in [0.3, 0.4) is 0 Å². The van der Waals surface area contributed by atoms with Crippen molar-refractivity contribution in [2.45, 2.75) is 25.6 Å². The summed E-state index contributed by atoms with van der Waals surface area (Å²) in [6.07, 6.45) is -1.08. The van der Waals surface area contributed by atoms with Gasteiger partial charge in [-0.25, -0.2) is 0 Å². The van der Waals surface area contributed by atoms with Gasteiger partial charge in [-0.2, -0.15) is 0 Å². The molecule has 2 atom stereocenters. The van der Waals surface area contributed by atoms with Crippen LogP contribution < -0.4 is 22.2 Å². The Labute approximate surface area is 133 Å². The number of aromatic amines is 2. The minimum atomic E-state index is -1.17. The summed E-state index contributed by atoms with van der Waals surface area (Å²) in [5.74, 6) is -0.670. The van der Waals surface area contributed by atoms with Gasteiger partial charge < -0.3 is 26.1 Å². The van der Waals surface area contributed by atoms with Gasteiger partial charge in [0.2, 0.25) is 5.91 Å². The van der Waals surface area contributed by atoms with Crippen molar-refractivity contribution >= 4 is 22.6 Å². The molecular weight excluding hydrogens is 322 g/mol. The second kappa shape index (κ2) is 6.60. The van der Waals surface area contributed by atoms with E-state index in [-0.39, 0.29) is 28.8 Å². The van der Waals surface area contributed by atoms with Crippen LogP contribution in [0.5, 0.6) is 0 Å². The van der Waals surface area contributed by atoms with Gasteiger partial charge in [0.15, 0.2) is 0 Å². The van der Waals surface area contributed by atoms with Crippen molar-refractivity contribution in [2.24, 2.45) is 5.73 Å². The molecular formula is C13H15N5O6. The Bertz CT molecular complexity index is 915. The highest BCUT2D eigenvalue weighted by molar-refractivity contribution is 5.84. The largest absolute Gasteiger partial charge is 0.391 e. The summed E-state index contributed by atoms with van der Waals surface area (Å²) in [6.45, 7) is 1.15. The number of nitrogens with zero attached hydrogens (tertiary/aromatic N) is 1. The van der Waals surface area contributed by atoms with E-state index in [2.05, 4.69) is 15.3 Å². The van der Waals surface area contributed by atoms with Crippen LogP contribution in [0.2, 0.25) is 0 Å². The van der Waals surface area contributed by atoms with Crippen molar-refractivity contribution in [1.29, 1.82) is 0 Å². The van der Waals surface area contributed by atoms with E-state index in [0.717, 1.165) is 12.1 Å². The first kappa shape index (κ1) is 17.3. The molecule has 0 radical (unpaired) electrons. The molecule has 24 heavy (non-hydrogen) atoms. The van der Waals surface area contributed by atoms with E-state index < -0.39 is 34.1 Å². The number of rotatable bonds is 5. The van der Waals surface area contributed by atoms with Gasteiger partial charge in [-0.3, -0.25) is 24.5 Å². The van der Waals surface area contributed by atoms with Crippen LogP contribution in [0.15, 0.2) is 21.7 Å². The summed E-state index contributed by atoms with van der Waals surface area (Å²) in [5, 5.41) is 22.7. The first-order valence-corrected chi connectivity index (χ1v) is 6.85. The number of nitrogens with two attached hydrogens (primary N) is 1. The van der Waals surface area contributed by atoms with E-state index in [1.165, 1.54) is 6.92 Å². The average molecular weight is 337 g/mol. The highest BCUT2D eigenvalue weighted by atomic mass is 16.6. The Morgan fingerprint density at radius 2 is 2.00 bits per heavy atom. The number of hydrogen-bond donors (Lipinski definition) is 5. The van der Waals surface area contributed by atoms with Crippen LogP contribution in [-0.2, 0) is 11.3 Å². The molecule has 0 saturated carbocycles. The molecule has 0 spiro atoms. The number of benzene rings is 1. The van der Waals surface area contributed by atoms with Crippen LogP contribution >= 0.6 is 0 Å². The number of H-pyrrole nitrogens is 2. The Morgan fingerprint density at radius 1 is 1.38 bits per heavy atom. The molecule has 11 heteroatoms. The molecule has 2 rings (SSSR count). The summed E-state index contributed by atoms with van der Waals surface area (Å²) in [5.41, 5.74) is 3.69. The number of aliphatic hydroxyl groups excluding tert-OH is 1. The smallest absolute Gasteiger partial charge is 0.314 e. The lowest BCUT2D eigenvalue weighted by Crippen LogP contribution is -2.46. The van der Waals surface area contributed by atoms with Gasteiger partial charge in [-0.1, -0.05) is 0 Å². The van der Waals surface area contributed by atoms with Crippen molar-refractivity contribution in [2.75, 3.05) is 0 Å². The summed E-state index contributed by atoms with van der Waals surface area (Å²) in [4.78, 5) is 49.5. The molecule has 1 aromatic carbocycles. The van der Waals surface area contributed by atoms with Gasteiger partial charge in [0, 0.05) is 24.2 Å². The molecule has 0 saturated heterocycles. The lowest BCUT2D eigenvalue weighted by molar-refractivity contribution is -0.384. The summed E-state index contributed by atoms with van der Waals surface area (Å²) in [7, 11) is 0. The Balaban J connectivity index is 2.46. The van der Waals surface area contributed by atoms with Crippen molar-refractivity contribution in [3.63, 3.8) is 0 Å². The molecule has 0 aliphatic carbocycles. The van der Waals surface area contributed by atoms with Crippen molar-refractivity contribution in [1.82, 2.24) is 15.3 Å². The monoisotopic (exact) mass is 337 g/mol. The number of carbonyl (C=O) groups is 1. The predicted molar refractivity (Wildman–Crippen MR) is 83.3 cm³/mol. The third-order valence-electron chi connectivity index (χ3n) is 3.38. The quantitative estimate of drug-likeness (QED) is 0.248. The average Bonchev–Trinajstić information content (AvgIpc) is 2.52. The number of nitrogens with one attached hydrogen (secondary N) is 3. The van der Waals surface area contributed by atoms with Crippen molar-refractivity contribution < 1.29 is 14.8 Å². The number of non-ortho nitro benzene ring substituents is 1. The Hall–Kier alpha value is -3.05. The zero-order chi connectivity index (χ0) is 18.0. The van der Waals surface area contributed by atoms with Crippen molar-refractivity contribution in [3.8, 4) is 0 Å². The van der Waals surface area contributed by atoms with Gasteiger partial charge in [0.1, 0.15) is 6.04 Å². The maximum absolute atomic E-state index is 11.8. The fraction of sp³-hybridized carbons (Fsp3) is 0.308. The molecule has 6 N–H and O–H groups in total. The zero-order valence-electron chi connectivity index (χ0n) is 12.5. The first-order valence-electron chi connectivity index (χ1n) is 6.85. The highest BCUT2D eigenvalue weighted by Crippen LogP contribution is 2.21. The van der Waals surface area contributed by atoms with Gasteiger partial charge in [0.05, 0.1) is 22.1 Å². The van der Waals surface area contributed by atoms with E-state index >= 15 is 0 Å². The molecule has 1 heterocycles. The van der Waals surface area contributed by atoms with Crippen LogP contribution in [0, 0.1) is 10.1 Å². The molecule has 0 fully saturated rings. The molecule has 2 unspecified atom stereocenters. The van der Waals surface area contributed by atoms with Crippen molar-refractivity contribution in [3.05, 3.63) is 48.5 Å². The Morgan fingerprint density at radius 3 is 2.58 bits per heavy atom. The van der Waals surface area contributed by atoms with Crippen LogP contribution in [0.4, 0.5) is 5.69 Å². The third-order valence-corrected chi connectivity index (χ3v) is 3.38. The molecule has 0 aliphatic rings. The van der Waals surface area contributed by atoms with Gasteiger partial charge in [0.25, 0.3) is 5.69 Å². The SMILES string of the molecule is CC(O)C(N)C(=O)NCc1cc([N+](=O)[O-])cc2[nH]c(=O)c(=O)[nH]c12. The lowest BCUT2D eigenvalue weighted by atomic mass is 10.1. The number of fused-ring (bicyclic) bond motifs is 1. The summed E-state index contributed by atoms with van der Waals surface area (Å²) in [6, 6.07) is 1.08. The maximum Gasteiger partial charge on any atom is 0.314 e. The van der Waals surface area contributed by atoms with Crippen LogP contribution in [0.25, 0.3) is 11.0 Å². The normalized spacial score (nSPS) is 13.5. The van der Waals surface area contributed by atoms with Gasteiger partial charge >= 0.3 is 11.1 Å². The van der Waals surface area contributed by atoms with Gasteiger partial charge in [-0.05, 0) is 6.92 Å². The van der Waals surface area contributed by atoms with E-state index in [4.69, 9.17) is 5.73 Å². The first-order chi connectivity index (χ1) is 11.2. The number of aromatic nitrogens is 2. The van der Waals surface area contributed by atoms with Gasteiger partial charge in [-0.15, -0.1) is 0 Å². The zero-order valence-corrected chi connectivity index (χ0v) is 12.5. The molecule has 1 aromatic heterocycles. The van der Waals surface area contributed by atoms with E-state index in [1.807, 2.05) is 0 Å². The van der Waals surface area contributed by atoms with Crippen LogP contribution in [0.1, 0.15) is 12.5 Å². The highest BCUT2D eigenvalue weighted by Gasteiger charge is 2.20. The number of hydrogen-bond acceptors (Lipinski definition) is 7. The topological polar surface area (TPSA) is 184 Å². The fourth-order valence-corrected chi connectivity index (χ4v) is 2.05. The summed E-state index contributed by atoms with van der Waals surface area (Å²) >= 11 is 0. The molecule has 0 bridgehead atoms. The second-order valence-corrected chi connectivity index (χ2v) is 5.18. The van der Waals surface area contributed by atoms with E-state index in [0.29, 0.717) is 0 Å². The predicted octanol–water partition coefficient (Wildman–Crippen LogP) is -1.55. The third kappa shape index (κ3) is 3.47. The number of carbonyl (C=O) groups excluding carboxylic acids is 1. The minimum Gasteiger partial charge on any atom is -0.391 e.